The van der Waals surface area contributed by atoms with E-state index in [1.807, 2.05) is 0 Å². The molecule has 8 rings (SSSR count). The van der Waals surface area contributed by atoms with Crippen LogP contribution >= 0.6 is 11.3 Å². The molecule has 0 saturated heterocycles. The topological polar surface area (TPSA) is 133 Å². The minimum atomic E-state index is -4.49. The summed E-state index contributed by atoms with van der Waals surface area (Å²) in [6.07, 6.45) is -8.95. The van der Waals surface area contributed by atoms with Gasteiger partial charge in [0.1, 0.15) is 11.5 Å². The van der Waals surface area contributed by atoms with Crippen LogP contribution in [0.25, 0.3) is 33.3 Å². The average molecular weight is 801 g/mol. The van der Waals surface area contributed by atoms with Gasteiger partial charge in [-0.15, -0.1) is 11.3 Å². The van der Waals surface area contributed by atoms with Crippen molar-refractivity contribution in [2.75, 3.05) is 10.6 Å². The zero-order valence-corrected chi connectivity index (χ0v) is 30.1. The Morgan fingerprint density at radius 3 is 1.86 bits per heavy atom. The van der Waals surface area contributed by atoms with Crippen molar-refractivity contribution in [2.24, 2.45) is 0 Å². The molecule has 4 aromatic heterocycles. The van der Waals surface area contributed by atoms with E-state index in [4.69, 9.17) is 4.42 Å². The standard InChI is InChI=1S/C39H26F6N8O3S/c1-21-32(36(55)49-33-27-4-2-3-5-30(27)52(50-33)17-22-6-11-25(12-7-22)38(40,41)42)47-37(56-21)24-10-15-31-28(16-24)34(48-35(54)29-19-57-20-46-29)51-53(31)18-23-8-13-26(14-9-23)39(43,44)45/h2-16,19-20H,17-18H2,1H3,(H,48,51,54)(H,49,50,55). The maximum atomic E-state index is 13.7. The Bertz CT molecular complexity index is 2770. The van der Waals surface area contributed by atoms with Crippen LogP contribution in [0, 0.1) is 6.92 Å². The molecule has 0 spiro atoms. The molecular formula is C39H26F6N8O3S. The van der Waals surface area contributed by atoms with Crippen molar-refractivity contribution in [3.05, 3.63) is 141 Å². The molecular weight excluding hydrogens is 775 g/mol. The second-order valence-electron chi connectivity index (χ2n) is 12.9. The van der Waals surface area contributed by atoms with E-state index < -0.39 is 35.3 Å². The van der Waals surface area contributed by atoms with Crippen molar-refractivity contribution in [2.45, 2.75) is 32.4 Å². The molecule has 0 bridgehead atoms. The summed E-state index contributed by atoms with van der Waals surface area (Å²) in [4.78, 5) is 35.2. The smallest absolute Gasteiger partial charge is 0.416 e. The summed E-state index contributed by atoms with van der Waals surface area (Å²) in [5.41, 5.74) is 2.77. The van der Waals surface area contributed by atoms with Crippen molar-refractivity contribution in [1.29, 1.82) is 0 Å². The molecule has 288 valence electrons. The summed E-state index contributed by atoms with van der Waals surface area (Å²) in [6, 6.07) is 21.5. The number of hydrogen-bond acceptors (Lipinski definition) is 8. The van der Waals surface area contributed by atoms with Crippen LogP contribution in [-0.4, -0.2) is 41.3 Å². The predicted octanol–water partition coefficient (Wildman–Crippen LogP) is 9.44. The van der Waals surface area contributed by atoms with Gasteiger partial charge in [-0.3, -0.25) is 19.0 Å². The fraction of sp³-hybridized carbons (Fsp3) is 0.128. The van der Waals surface area contributed by atoms with Gasteiger partial charge in [0.05, 0.1) is 40.8 Å². The summed E-state index contributed by atoms with van der Waals surface area (Å²) in [5, 5.41) is 17.3. The number of nitrogens with one attached hydrogen (secondary N) is 2. The lowest BCUT2D eigenvalue weighted by Crippen LogP contribution is -2.14. The number of nitrogens with zero attached hydrogens (tertiary/aromatic N) is 6. The van der Waals surface area contributed by atoms with Crippen LogP contribution in [0.1, 0.15) is 49.0 Å². The van der Waals surface area contributed by atoms with E-state index in [0.29, 0.717) is 38.5 Å². The van der Waals surface area contributed by atoms with E-state index in [1.54, 1.807) is 64.1 Å². The number of thiazole rings is 1. The minimum Gasteiger partial charge on any atom is -0.441 e. The van der Waals surface area contributed by atoms with E-state index in [0.717, 1.165) is 24.3 Å². The van der Waals surface area contributed by atoms with Crippen LogP contribution in [0.2, 0.25) is 0 Å². The van der Waals surface area contributed by atoms with E-state index >= 15 is 0 Å². The Kier molecular flexibility index (Phi) is 9.35. The second-order valence-corrected chi connectivity index (χ2v) is 13.6. The van der Waals surface area contributed by atoms with Crippen molar-refractivity contribution < 1.29 is 40.3 Å². The third kappa shape index (κ3) is 7.58. The van der Waals surface area contributed by atoms with Gasteiger partial charge < -0.3 is 15.1 Å². The summed E-state index contributed by atoms with van der Waals surface area (Å²) >= 11 is 1.23. The lowest BCUT2D eigenvalue weighted by molar-refractivity contribution is -0.138. The maximum Gasteiger partial charge on any atom is 0.416 e. The van der Waals surface area contributed by atoms with Gasteiger partial charge in [0, 0.05) is 21.7 Å². The van der Waals surface area contributed by atoms with E-state index in [1.165, 1.54) is 41.1 Å². The molecule has 2 N–H and O–H groups in total. The lowest BCUT2D eigenvalue weighted by atomic mass is 10.1. The molecule has 0 saturated carbocycles. The van der Waals surface area contributed by atoms with Gasteiger partial charge in [-0.25, -0.2) is 9.97 Å². The number of alkyl halides is 6. The number of halogens is 6. The quantitative estimate of drug-likeness (QED) is 0.139. The van der Waals surface area contributed by atoms with Crippen LogP contribution in [0.5, 0.6) is 0 Å². The monoisotopic (exact) mass is 800 g/mol. The Morgan fingerprint density at radius 2 is 1.28 bits per heavy atom. The highest BCUT2D eigenvalue weighted by atomic mass is 32.1. The molecule has 4 heterocycles. The number of amides is 2. The van der Waals surface area contributed by atoms with Gasteiger partial charge >= 0.3 is 12.4 Å². The first-order valence-corrected chi connectivity index (χ1v) is 17.9. The van der Waals surface area contributed by atoms with Gasteiger partial charge in [0.25, 0.3) is 11.8 Å². The first-order chi connectivity index (χ1) is 27.2. The van der Waals surface area contributed by atoms with E-state index in [2.05, 4.69) is 30.8 Å². The Hall–Kier alpha value is -6.82. The van der Waals surface area contributed by atoms with Gasteiger partial charge in [0.15, 0.2) is 17.3 Å². The Balaban J connectivity index is 1.07. The molecule has 18 heteroatoms. The molecule has 57 heavy (non-hydrogen) atoms. The number of para-hydroxylation sites is 1. The summed E-state index contributed by atoms with van der Waals surface area (Å²) in [6.45, 7) is 1.78. The molecule has 0 aliphatic rings. The van der Waals surface area contributed by atoms with Crippen molar-refractivity contribution in [1.82, 2.24) is 29.5 Å². The molecule has 2 amide bonds. The molecule has 0 atom stereocenters. The number of hydrogen-bond donors (Lipinski definition) is 2. The van der Waals surface area contributed by atoms with Crippen molar-refractivity contribution >= 4 is 56.6 Å². The number of fused-ring (bicyclic) bond motifs is 2. The fourth-order valence-corrected chi connectivity index (χ4v) is 6.74. The van der Waals surface area contributed by atoms with Gasteiger partial charge in [0.2, 0.25) is 5.89 Å². The molecule has 0 fully saturated rings. The summed E-state index contributed by atoms with van der Waals surface area (Å²) in [7, 11) is 0. The number of benzene rings is 4. The number of aryl methyl sites for hydroxylation is 1. The molecule has 0 aliphatic carbocycles. The van der Waals surface area contributed by atoms with E-state index in [-0.39, 0.29) is 47.8 Å². The van der Waals surface area contributed by atoms with Crippen LogP contribution in [-0.2, 0) is 25.4 Å². The summed E-state index contributed by atoms with van der Waals surface area (Å²) in [5.74, 6) is -0.543. The highest BCUT2D eigenvalue weighted by Gasteiger charge is 2.31. The molecule has 0 unspecified atom stereocenters. The van der Waals surface area contributed by atoms with Gasteiger partial charge in [-0.05, 0) is 72.6 Å². The molecule has 0 aliphatic heterocycles. The van der Waals surface area contributed by atoms with Crippen LogP contribution in [0.15, 0.2) is 106 Å². The molecule has 4 aromatic carbocycles. The van der Waals surface area contributed by atoms with Crippen molar-refractivity contribution in [3.8, 4) is 11.5 Å². The van der Waals surface area contributed by atoms with Crippen LogP contribution in [0.4, 0.5) is 38.0 Å². The minimum absolute atomic E-state index is 0.0403. The highest BCUT2D eigenvalue weighted by Crippen LogP contribution is 2.33. The normalized spacial score (nSPS) is 12.1. The number of rotatable bonds is 9. The number of aromatic nitrogens is 6. The van der Waals surface area contributed by atoms with Gasteiger partial charge in [-0.1, -0.05) is 36.4 Å². The molecule has 0 radical (unpaired) electrons. The summed E-state index contributed by atoms with van der Waals surface area (Å²) < 4.78 is 87.9. The zero-order chi connectivity index (χ0) is 40.1. The van der Waals surface area contributed by atoms with Gasteiger partial charge in [-0.2, -0.15) is 36.5 Å². The first-order valence-electron chi connectivity index (χ1n) is 17.0. The molecule has 8 aromatic rings. The Labute approximate surface area is 321 Å². The van der Waals surface area contributed by atoms with Crippen LogP contribution in [0.3, 0.4) is 0 Å². The number of carbonyl (C=O) groups is 2. The first kappa shape index (κ1) is 37.1. The fourth-order valence-electron chi connectivity index (χ4n) is 6.20. The third-order valence-electron chi connectivity index (χ3n) is 9.02. The number of anilines is 2. The molecule has 11 nitrogen and oxygen atoms in total. The Morgan fingerprint density at radius 1 is 0.719 bits per heavy atom. The highest BCUT2D eigenvalue weighted by molar-refractivity contribution is 7.07. The predicted molar refractivity (Wildman–Crippen MR) is 199 cm³/mol. The number of oxazole rings is 1. The third-order valence-corrected chi connectivity index (χ3v) is 9.61. The van der Waals surface area contributed by atoms with Crippen molar-refractivity contribution in [3.63, 3.8) is 0 Å². The maximum absolute atomic E-state index is 13.7. The van der Waals surface area contributed by atoms with E-state index in [9.17, 15) is 35.9 Å². The largest absolute Gasteiger partial charge is 0.441 e. The van der Waals surface area contributed by atoms with Crippen LogP contribution < -0.4 is 10.6 Å². The SMILES string of the molecule is Cc1oc(-c2ccc3c(c2)c(NC(=O)c2cscn2)nn3Cc2ccc(C(F)(F)F)cc2)nc1C(=O)Nc1nn(Cc2ccc(C(F)(F)F)cc2)c2ccccc12. The second kappa shape index (κ2) is 14.4. The average Bonchev–Trinajstić information content (AvgIpc) is 3.99. The zero-order valence-electron chi connectivity index (χ0n) is 29.3. The lowest BCUT2D eigenvalue weighted by Gasteiger charge is -2.08. The number of carbonyl (C=O) groups excluding carboxylic acids is 2.